The van der Waals surface area contributed by atoms with Crippen LogP contribution >= 0.6 is 0 Å². The average Bonchev–Trinajstić information content (AvgIpc) is 3.12. The summed E-state index contributed by atoms with van der Waals surface area (Å²) in [5.41, 5.74) is 2.17. The van der Waals surface area contributed by atoms with E-state index in [0.717, 1.165) is 11.3 Å². The molecule has 0 spiro atoms. The summed E-state index contributed by atoms with van der Waals surface area (Å²) >= 11 is 0. The van der Waals surface area contributed by atoms with Crippen LogP contribution in [0.2, 0.25) is 0 Å². The third-order valence-electron chi connectivity index (χ3n) is 3.90. The average molecular weight is 334 g/mol. The van der Waals surface area contributed by atoms with Crippen molar-refractivity contribution < 1.29 is 13.2 Å². The van der Waals surface area contributed by atoms with Gasteiger partial charge in [-0.25, -0.2) is 13.1 Å². The first-order valence-electron chi connectivity index (χ1n) is 7.41. The van der Waals surface area contributed by atoms with Gasteiger partial charge in [0.15, 0.2) is 15.5 Å². The summed E-state index contributed by atoms with van der Waals surface area (Å²) in [6, 6.07) is 7.71. The van der Waals surface area contributed by atoms with E-state index in [1.54, 1.807) is 6.20 Å². The zero-order valence-corrected chi connectivity index (χ0v) is 13.6. The molecule has 0 bridgehead atoms. The number of amides is 1. The SMILES string of the molecule is Cc1ccc(-n2cc(C(=O)NC[C@H]3CCS(=O)(=O)C3)nn2)cc1. The van der Waals surface area contributed by atoms with Gasteiger partial charge in [-0.2, -0.15) is 0 Å². The lowest BCUT2D eigenvalue weighted by Gasteiger charge is -2.07. The van der Waals surface area contributed by atoms with E-state index < -0.39 is 9.84 Å². The predicted molar refractivity (Wildman–Crippen MR) is 85.2 cm³/mol. The van der Waals surface area contributed by atoms with Gasteiger partial charge in [-0.05, 0) is 31.4 Å². The van der Waals surface area contributed by atoms with Crippen molar-refractivity contribution in [1.82, 2.24) is 20.3 Å². The van der Waals surface area contributed by atoms with Crippen molar-refractivity contribution in [3.63, 3.8) is 0 Å². The van der Waals surface area contributed by atoms with Crippen LogP contribution in [-0.2, 0) is 9.84 Å². The van der Waals surface area contributed by atoms with Crippen molar-refractivity contribution in [3.05, 3.63) is 41.7 Å². The number of nitrogens with zero attached hydrogens (tertiary/aromatic N) is 3. The molecule has 1 atom stereocenters. The highest BCUT2D eigenvalue weighted by Gasteiger charge is 2.28. The van der Waals surface area contributed by atoms with E-state index >= 15 is 0 Å². The molecule has 2 heterocycles. The maximum absolute atomic E-state index is 12.1. The minimum Gasteiger partial charge on any atom is -0.350 e. The van der Waals surface area contributed by atoms with Gasteiger partial charge in [0.05, 0.1) is 23.4 Å². The molecule has 1 amide bonds. The number of aromatic nitrogens is 3. The minimum absolute atomic E-state index is 0.0175. The Morgan fingerprint density at radius 2 is 2.09 bits per heavy atom. The third-order valence-corrected chi connectivity index (χ3v) is 5.74. The van der Waals surface area contributed by atoms with Crippen molar-refractivity contribution in [2.24, 2.45) is 5.92 Å². The lowest BCUT2D eigenvalue weighted by molar-refractivity contribution is 0.0943. The van der Waals surface area contributed by atoms with Gasteiger partial charge in [-0.15, -0.1) is 5.10 Å². The van der Waals surface area contributed by atoms with E-state index in [1.807, 2.05) is 31.2 Å². The summed E-state index contributed by atoms with van der Waals surface area (Å²) in [6.07, 6.45) is 2.16. The molecule has 1 fully saturated rings. The molecule has 23 heavy (non-hydrogen) atoms. The highest BCUT2D eigenvalue weighted by molar-refractivity contribution is 7.91. The number of carbonyl (C=O) groups excluding carboxylic acids is 1. The molecule has 0 saturated carbocycles. The van der Waals surface area contributed by atoms with E-state index in [2.05, 4.69) is 15.6 Å². The Hall–Kier alpha value is -2.22. The van der Waals surface area contributed by atoms with Crippen LogP contribution in [0.15, 0.2) is 30.5 Å². The summed E-state index contributed by atoms with van der Waals surface area (Å²) in [5.74, 6) is -0.00994. The Morgan fingerprint density at radius 1 is 1.35 bits per heavy atom. The Kier molecular flexibility index (Phi) is 4.16. The molecule has 8 heteroatoms. The normalized spacial score (nSPS) is 19.6. The van der Waals surface area contributed by atoms with Crippen LogP contribution in [0.3, 0.4) is 0 Å². The summed E-state index contributed by atoms with van der Waals surface area (Å²) < 4.78 is 24.3. The van der Waals surface area contributed by atoms with E-state index in [4.69, 9.17) is 0 Å². The van der Waals surface area contributed by atoms with Gasteiger partial charge in [0, 0.05) is 6.54 Å². The van der Waals surface area contributed by atoms with E-state index in [-0.39, 0.29) is 29.0 Å². The van der Waals surface area contributed by atoms with Crippen molar-refractivity contribution >= 4 is 15.7 Å². The smallest absolute Gasteiger partial charge is 0.273 e. The van der Waals surface area contributed by atoms with E-state index in [9.17, 15) is 13.2 Å². The van der Waals surface area contributed by atoms with Gasteiger partial charge in [0.1, 0.15) is 0 Å². The molecular formula is C15H18N4O3S. The Labute approximate surface area is 134 Å². The van der Waals surface area contributed by atoms with Crippen molar-refractivity contribution in [1.29, 1.82) is 0 Å². The van der Waals surface area contributed by atoms with Gasteiger partial charge >= 0.3 is 0 Å². The van der Waals surface area contributed by atoms with E-state index in [1.165, 1.54) is 4.68 Å². The summed E-state index contributed by atoms with van der Waals surface area (Å²) in [6.45, 7) is 2.34. The zero-order chi connectivity index (χ0) is 16.4. The third kappa shape index (κ3) is 3.76. The molecule has 1 aliphatic heterocycles. The van der Waals surface area contributed by atoms with Crippen LogP contribution in [0.4, 0.5) is 0 Å². The maximum atomic E-state index is 12.1. The van der Waals surface area contributed by atoms with Crippen LogP contribution in [-0.4, -0.2) is 47.4 Å². The second kappa shape index (κ2) is 6.11. The molecule has 1 saturated heterocycles. The van der Waals surface area contributed by atoms with Crippen molar-refractivity contribution in [2.45, 2.75) is 13.3 Å². The summed E-state index contributed by atoms with van der Waals surface area (Å²) in [4.78, 5) is 12.1. The Balaban J connectivity index is 1.61. The number of hydrogen-bond acceptors (Lipinski definition) is 5. The fourth-order valence-corrected chi connectivity index (χ4v) is 4.41. The first-order chi connectivity index (χ1) is 10.9. The monoisotopic (exact) mass is 334 g/mol. The summed E-state index contributed by atoms with van der Waals surface area (Å²) in [5, 5.41) is 10.6. The molecule has 7 nitrogen and oxygen atoms in total. The number of nitrogens with one attached hydrogen (secondary N) is 1. The molecule has 1 aliphatic rings. The predicted octanol–water partition coefficient (Wildman–Crippen LogP) is 0.740. The first-order valence-corrected chi connectivity index (χ1v) is 9.23. The lowest BCUT2D eigenvalue weighted by atomic mass is 10.1. The number of hydrogen-bond donors (Lipinski definition) is 1. The maximum Gasteiger partial charge on any atom is 0.273 e. The molecule has 0 unspecified atom stereocenters. The Morgan fingerprint density at radius 3 is 2.74 bits per heavy atom. The van der Waals surface area contributed by atoms with Crippen LogP contribution in [0.25, 0.3) is 5.69 Å². The first kappa shape index (κ1) is 15.7. The van der Waals surface area contributed by atoms with Gasteiger partial charge in [-0.1, -0.05) is 22.9 Å². The molecule has 0 aliphatic carbocycles. The van der Waals surface area contributed by atoms with Crippen LogP contribution in [0, 0.1) is 12.8 Å². The lowest BCUT2D eigenvalue weighted by Crippen LogP contribution is -2.30. The minimum atomic E-state index is -2.93. The quantitative estimate of drug-likeness (QED) is 0.890. The molecule has 1 aromatic heterocycles. The second-order valence-corrected chi connectivity index (χ2v) is 8.09. The molecular weight excluding hydrogens is 316 g/mol. The van der Waals surface area contributed by atoms with Crippen molar-refractivity contribution in [3.8, 4) is 5.69 Å². The standard InChI is InChI=1S/C15H18N4O3S/c1-11-2-4-13(5-3-11)19-9-14(17-18-19)15(20)16-8-12-6-7-23(21,22)10-12/h2-5,9,12H,6-8,10H2,1H3,(H,16,20)/t12-/m1/s1. The fourth-order valence-electron chi connectivity index (χ4n) is 2.55. The number of carbonyl (C=O) groups is 1. The number of rotatable bonds is 4. The van der Waals surface area contributed by atoms with Gasteiger partial charge in [-0.3, -0.25) is 4.79 Å². The number of sulfone groups is 1. The summed E-state index contributed by atoms with van der Waals surface area (Å²) in [7, 11) is -2.93. The van der Waals surface area contributed by atoms with Crippen LogP contribution in [0.1, 0.15) is 22.5 Å². The topological polar surface area (TPSA) is 94.0 Å². The highest BCUT2D eigenvalue weighted by atomic mass is 32.2. The van der Waals surface area contributed by atoms with Gasteiger partial charge < -0.3 is 5.32 Å². The zero-order valence-electron chi connectivity index (χ0n) is 12.8. The van der Waals surface area contributed by atoms with Crippen molar-refractivity contribution in [2.75, 3.05) is 18.1 Å². The van der Waals surface area contributed by atoms with E-state index in [0.29, 0.717) is 13.0 Å². The Bertz CT molecular complexity index is 812. The van der Waals surface area contributed by atoms with Gasteiger partial charge in [0.25, 0.3) is 5.91 Å². The van der Waals surface area contributed by atoms with Crippen LogP contribution < -0.4 is 5.32 Å². The number of aryl methyl sites for hydroxylation is 1. The fraction of sp³-hybridized carbons (Fsp3) is 0.400. The second-order valence-electron chi connectivity index (χ2n) is 5.86. The molecule has 2 aromatic rings. The largest absolute Gasteiger partial charge is 0.350 e. The number of benzene rings is 1. The highest BCUT2D eigenvalue weighted by Crippen LogP contribution is 2.17. The molecule has 3 rings (SSSR count). The van der Waals surface area contributed by atoms with Gasteiger partial charge in [0.2, 0.25) is 0 Å². The van der Waals surface area contributed by atoms with Crippen LogP contribution in [0.5, 0.6) is 0 Å². The molecule has 0 radical (unpaired) electrons. The molecule has 1 N–H and O–H groups in total. The molecule has 1 aromatic carbocycles. The molecule has 122 valence electrons.